The number of anilines is 2. The third-order valence-corrected chi connectivity index (χ3v) is 2.92. The molecule has 0 bridgehead atoms. The van der Waals surface area contributed by atoms with E-state index in [9.17, 15) is 0 Å². The van der Waals surface area contributed by atoms with Gasteiger partial charge in [-0.3, -0.25) is 0 Å². The van der Waals surface area contributed by atoms with Crippen LogP contribution in [0.3, 0.4) is 0 Å². The summed E-state index contributed by atoms with van der Waals surface area (Å²) < 4.78 is 0. The Hall–Kier alpha value is -1.48. The fourth-order valence-electron chi connectivity index (χ4n) is 1.48. The van der Waals surface area contributed by atoms with Crippen LogP contribution in [-0.2, 0) is 0 Å². The van der Waals surface area contributed by atoms with Crippen LogP contribution in [0, 0.1) is 6.92 Å². The molecular formula is C11H12N2S. The highest BCUT2D eigenvalue weighted by molar-refractivity contribution is 7.08. The molecule has 0 aliphatic carbocycles. The molecule has 2 aromatic rings. The first-order valence-corrected chi connectivity index (χ1v) is 5.31. The van der Waals surface area contributed by atoms with Gasteiger partial charge in [0.25, 0.3) is 0 Å². The Morgan fingerprint density at radius 3 is 2.64 bits per heavy atom. The van der Waals surface area contributed by atoms with Crippen LogP contribution in [0.25, 0.3) is 11.1 Å². The summed E-state index contributed by atoms with van der Waals surface area (Å²) in [5.74, 6) is 0. The lowest BCUT2D eigenvalue weighted by molar-refractivity contribution is 1.47. The number of hydrogen-bond acceptors (Lipinski definition) is 3. The fraction of sp³-hybridized carbons (Fsp3) is 0.0909. The van der Waals surface area contributed by atoms with Crippen molar-refractivity contribution >= 4 is 22.7 Å². The summed E-state index contributed by atoms with van der Waals surface area (Å²) in [6.07, 6.45) is 0. The minimum absolute atomic E-state index is 0.762. The molecule has 0 saturated heterocycles. The highest BCUT2D eigenvalue weighted by Crippen LogP contribution is 2.31. The molecule has 0 fully saturated rings. The van der Waals surface area contributed by atoms with Crippen molar-refractivity contribution in [1.29, 1.82) is 0 Å². The van der Waals surface area contributed by atoms with E-state index in [0.717, 1.165) is 28.1 Å². The SMILES string of the molecule is Cc1cc(N)cc(-c2ccsc2)c1N. The molecule has 0 aliphatic rings. The lowest BCUT2D eigenvalue weighted by Gasteiger charge is -2.08. The van der Waals surface area contributed by atoms with Crippen molar-refractivity contribution in [1.82, 2.24) is 0 Å². The molecule has 0 atom stereocenters. The van der Waals surface area contributed by atoms with Crippen molar-refractivity contribution in [3.63, 3.8) is 0 Å². The first-order chi connectivity index (χ1) is 6.68. The molecule has 2 rings (SSSR count). The van der Waals surface area contributed by atoms with Crippen molar-refractivity contribution < 1.29 is 0 Å². The third kappa shape index (κ3) is 1.46. The highest BCUT2D eigenvalue weighted by Gasteiger charge is 2.06. The summed E-state index contributed by atoms with van der Waals surface area (Å²) in [7, 11) is 0. The molecule has 4 N–H and O–H groups in total. The molecule has 3 heteroatoms. The van der Waals surface area contributed by atoms with Gasteiger partial charge in [0, 0.05) is 16.9 Å². The Morgan fingerprint density at radius 2 is 2.00 bits per heavy atom. The number of nitrogens with two attached hydrogens (primary N) is 2. The van der Waals surface area contributed by atoms with E-state index in [-0.39, 0.29) is 0 Å². The van der Waals surface area contributed by atoms with Gasteiger partial charge < -0.3 is 11.5 Å². The number of hydrogen-bond donors (Lipinski definition) is 2. The number of benzene rings is 1. The van der Waals surface area contributed by atoms with E-state index in [1.54, 1.807) is 11.3 Å². The third-order valence-electron chi connectivity index (χ3n) is 2.24. The first kappa shape index (κ1) is 9.09. The zero-order chi connectivity index (χ0) is 10.1. The zero-order valence-corrected chi connectivity index (χ0v) is 8.77. The van der Waals surface area contributed by atoms with E-state index in [1.807, 2.05) is 24.4 Å². The van der Waals surface area contributed by atoms with Crippen LogP contribution in [0.4, 0.5) is 11.4 Å². The van der Waals surface area contributed by atoms with Crippen LogP contribution < -0.4 is 11.5 Å². The summed E-state index contributed by atoms with van der Waals surface area (Å²) in [6, 6.07) is 5.87. The van der Waals surface area contributed by atoms with Gasteiger partial charge in [0.15, 0.2) is 0 Å². The highest BCUT2D eigenvalue weighted by atomic mass is 32.1. The summed E-state index contributed by atoms with van der Waals surface area (Å²) in [4.78, 5) is 0. The van der Waals surface area contributed by atoms with Crippen LogP contribution in [-0.4, -0.2) is 0 Å². The average Bonchev–Trinajstić information content (AvgIpc) is 2.63. The molecule has 0 spiro atoms. The molecular weight excluding hydrogens is 192 g/mol. The summed E-state index contributed by atoms with van der Waals surface area (Å²) in [5, 5.41) is 4.11. The Kier molecular flexibility index (Phi) is 2.17. The molecule has 0 radical (unpaired) electrons. The Morgan fingerprint density at radius 1 is 1.21 bits per heavy atom. The zero-order valence-electron chi connectivity index (χ0n) is 7.95. The topological polar surface area (TPSA) is 52.0 Å². The van der Waals surface area contributed by atoms with E-state index in [2.05, 4.69) is 11.4 Å². The van der Waals surface area contributed by atoms with Gasteiger partial charge in [0.2, 0.25) is 0 Å². The summed E-state index contributed by atoms with van der Waals surface area (Å²) >= 11 is 1.66. The molecule has 2 nitrogen and oxygen atoms in total. The largest absolute Gasteiger partial charge is 0.399 e. The van der Waals surface area contributed by atoms with Gasteiger partial charge in [0.05, 0.1) is 0 Å². The number of nitrogen functional groups attached to an aromatic ring is 2. The van der Waals surface area contributed by atoms with Crippen LogP contribution in [0.1, 0.15) is 5.56 Å². The summed E-state index contributed by atoms with van der Waals surface area (Å²) in [5.41, 5.74) is 16.6. The minimum Gasteiger partial charge on any atom is -0.399 e. The molecule has 1 aromatic carbocycles. The Labute approximate surface area is 87.2 Å². The van der Waals surface area contributed by atoms with E-state index < -0.39 is 0 Å². The van der Waals surface area contributed by atoms with Crippen molar-refractivity contribution in [2.24, 2.45) is 0 Å². The molecule has 72 valence electrons. The molecule has 0 unspecified atom stereocenters. The van der Waals surface area contributed by atoms with Gasteiger partial charge in [-0.15, -0.1) is 0 Å². The molecule has 0 saturated carbocycles. The smallest absolute Gasteiger partial charge is 0.0425 e. The van der Waals surface area contributed by atoms with E-state index in [4.69, 9.17) is 11.5 Å². The summed E-state index contributed by atoms with van der Waals surface area (Å²) in [6.45, 7) is 1.97. The molecule has 0 aliphatic heterocycles. The van der Waals surface area contributed by atoms with Crippen molar-refractivity contribution in [2.45, 2.75) is 6.92 Å². The Bertz CT molecular complexity index is 447. The van der Waals surface area contributed by atoms with Crippen molar-refractivity contribution in [3.8, 4) is 11.1 Å². The van der Waals surface area contributed by atoms with Crippen LogP contribution in [0.15, 0.2) is 29.0 Å². The second kappa shape index (κ2) is 3.35. The van der Waals surface area contributed by atoms with Gasteiger partial charge in [-0.05, 0) is 47.0 Å². The van der Waals surface area contributed by atoms with Gasteiger partial charge >= 0.3 is 0 Å². The average molecular weight is 204 g/mol. The van der Waals surface area contributed by atoms with Gasteiger partial charge in [-0.2, -0.15) is 11.3 Å². The lowest BCUT2D eigenvalue weighted by Crippen LogP contribution is -1.96. The Balaban J connectivity index is 2.64. The molecule has 1 heterocycles. The van der Waals surface area contributed by atoms with E-state index in [1.165, 1.54) is 0 Å². The second-order valence-corrected chi connectivity index (χ2v) is 4.09. The van der Waals surface area contributed by atoms with Crippen LogP contribution >= 0.6 is 11.3 Å². The second-order valence-electron chi connectivity index (χ2n) is 3.31. The maximum Gasteiger partial charge on any atom is 0.0425 e. The van der Waals surface area contributed by atoms with Crippen LogP contribution in [0.5, 0.6) is 0 Å². The van der Waals surface area contributed by atoms with E-state index >= 15 is 0 Å². The predicted molar refractivity (Wildman–Crippen MR) is 63.3 cm³/mol. The standard InChI is InChI=1S/C11H12N2S/c1-7-4-9(12)5-10(11(7)13)8-2-3-14-6-8/h2-6H,12-13H2,1H3. The quantitative estimate of drug-likeness (QED) is 0.702. The number of thiophene rings is 1. The monoisotopic (exact) mass is 204 g/mol. The van der Waals surface area contributed by atoms with Crippen molar-refractivity contribution in [3.05, 3.63) is 34.5 Å². The molecule has 1 aromatic heterocycles. The normalized spacial score (nSPS) is 10.4. The minimum atomic E-state index is 0.762. The van der Waals surface area contributed by atoms with E-state index in [0.29, 0.717) is 0 Å². The van der Waals surface area contributed by atoms with Gasteiger partial charge in [-0.1, -0.05) is 0 Å². The fourth-order valence-corrected chi connectivity index (χ4v) is 2.14. The lowest BCUT2D eigenvalue weighted by atomic mass is 10.0. The number of aryl methyl sites for hydroxylation is 1. The first-order valence-electron chi connectivity index (χ1n) is 4.36. The van der Waals surface area contributed by atoms with Gasteiger partial charge in [0.1, 0.15) is 0 Å². The molecule has 14 heavy (non-hydrogen) atoms. The maximum atomic E-state index is 5.99. The molecule has 0 amide bonds. The van der Waals surface area contributed by atoms with Crippen molar-refractivity contribution in [2.75, 3.05) is 11.5 Å². The predicted octanol–water partition coefficient (Wildman–Crippen LogP) is 2.89. The maximum absolute atomic E-state index is 5.99. The van der Waals surface area contributed by atoms with Crippen LogP contribution in [0.2, 0.25) is 0 Å². The van der Waals surface area contributed by atoms with Gasteiger partial charge in [-0.25, -0.2) is 0 Å². The number of rotatable bonds is 1.